The summed E-state index contributed by atoms with van der Waals surface area (Å²) in [6.45, 7) is 2.49. The van der Waals surface area contributed by atoms with Gasteiger partial charge in [0.1, 0.15) is 6.54 Å². The van der Waals surface area contributed by atoms with Gasteiger partial charge in [-0.1, -0.05) is 6.07 Å². The number of anilines is 1. The van der Waals surface area contributed by atoms with Crippen molar-refractivity contribution < 1.29 is 9.53 Å². The molecule has 1 aliphatic carbocycles. The molecule has 1 N–H and O–H groups in total. The highest BCUT2D eigenvalue weighted by molar-refractivity contribution is 5.75. The van der Waals surface area contributed by atoms with Crippen LogP contribution in [0.1, 0.15) is 30.9 Å². The molecule has 92 valence electrons. The smallest absolute Gasteiger partial charge is 0.325 e. The van der Waals surface area contributed by atoms with Crippen molar-refractivity contribution in [3.63, 3.8) is 0 Å². The summed E-state index contributed by atoms with van der Waals surface area (Å²) in [7, 11) is 0. The van der Waals surface area contributed by atoms with Gasteiger partial charge in [0.15, 0.2) is 0 Å². The Morgan fingerprint density at radius 2 is 2.06 bits per heavy atom. The van der Waals surface area contributed by atoms with E-state index >= 15 is 0 Å². The first-order chi connectivity index (χ1) is 8.29. The Morgan fingerprint density at radius 1 is 1.29 bits per heavy atom. The van der Waals surface area contributed by atoms with E-state index in [1.165, 1.54) is 30.4 Å². The first-order valence-corrected chi connectivity index (χ1v) is 6.31. The average molecular weight is 233 g/mol. The first kappa shape index (κ1) is 12.0. The number of fused-ring (bicyclic) bond motifs is 1. The van der Waals surface area contributed by atoms with Crippen molar-refractivity contribution in [1.82, 2.24) is 0 Å². The lowest BCUT2D eigenvalue weighted by Gasteiger charge is -2.17. The third kappa shape index (κ3) is 3.22. The molecule has 0 spiro atoms. The van der Waals surface area contributed by atoms with Crippen LogP contribution in [0.5, 0.6) is 0 Å². The second-order valence-electron chi connectivity index (χ2n) is 4.35. The first-order valence-electron chi connectivity index (χ1n) is 6.31. The third-order valence-corrected chi connectivity index (χ3v) is 3.09. The van der Waals surface area contributed by atoms with Crippen molar-refractivity contribution in [3.05, 3.63) is 29.3 Å². The fourth-order valence-corrected chi connectivity index (χ4v) is 2.23. The molecule has 0 heterocycles. The van der Waals surface area contributed by atoms with Crippen molar-refractivity contribution in [3.8, 4) is 0 Å². The fourth-order valence-electron chi connectivity index (χ4n) is 2.23. The molecule has 0 aromatic heterocycles. The van der Waals surface area contributed by atoms with Crippen molar-refractivity contribution in [2.24, 2.45) is 0 Å². The molecular formula is C14H19NO2. The molecule has 0 saturated heterocycles. The van der Waals surface area contributed by atoms with Crippen molar-refractivity contribution in [2.45, 2.75) is 32.6 Å². The van der Waals surface area contributed by atoms with Crippen LogP contribution in [-0.4, -0.2) is 19.1 Å². The molecule has 0 radical (unpaired) electrons. The Kier molecular flexibility index (Phi) is 4.02. The molecule has 1 aromatic rings. The molecule has 1 aliphatic rings. The second kappa shape index (κ2) is 5.71. The molecule has 0 unspecified atom stereocenters. The zero-order valence-corrected chi connectivity index (χ0v) is 10.3. The monoisotopic (exact) mass is 233 g/mol. The molecule has 0 saturated carbocycles. The minimum atomic E-state index is -0.203. The fraction of sp³-hybridized carbons (Fsp3) is 0.500. The van der Waals surface area contributed by atoms with Crippen LogP contribution in [-0.2, 0) is 22.4 Å². The van der Waals surface area contributed by atoms with Gasteiger partial charge in [0.25, 0.3) is 0 Å². The number of aryl methyl sites for hydroxylation is 2. The van der Waals surface area contributed by atoms with Crippen LogP contribution in [0.2, 0.25) is 0 Å². The molecule has 0 aliphatic heterocycles. The number of ether oxygens (including phenoxy) is 1. The molecule has 0 fully saturated rings. The lowest BCUT2D eigenvalue weighted by molar-refractivity contribution is -0.140. The summed E-state index contributed by atoms with van der Waals surface area (Å²) < 4.78 is 4.87. The van der Waals surface area contributed by atoms with Gasteiger partial charge in [0.05, 0.1) is 6.61 Å². The summed E-state index contributed by atoms with van der Waals surface area (Å²) in [5, 5.41) is 3.10. The number of esters is 1. The average Bonchev–Trinajstić information content (AvgIpc) is 2.36. The SMILES string of the molecule is CCOC(=O)CNc1ccc2c(c1)CCCC2. The van der Waals surface area contributed by atoms with E-state index < -0.39 is 0 Å². The van der Waals surface area contributed by atoms with Gasteiger partial charge < -0.3 is 10.1 Å². The van der Waals surface area contributed by atoms with Gasteiger partial charge in [-0.3, -0.25) is 4.79 Å². The zero-order chi connectivity index (χ0) is 12.1. The van der Waals surface area contributed by atoms with Crippen molar-refractivity contribution >= 4 is 11.7 Å². The predicted molar refractivity (Wildman–Crippen MR) is 68.2 cm³/mol. The molecule has 1 aromatic carbocycles. The van der Waals surface area contributed by atoms with Gasteiger partial charge >= 0.3 is 5.97 Å². The van der Waals surface area contributed by atoms with E-state index in [2.05, 4.69) is 17.4 Å². The van der Waals surface area contributed by atoms with E-state index in [-0.39, 0.29) is 12.5 Å². The van der Waals surface area contributed by atoms with E-state index in [4.69, 9.17) is 4.74 Å². The van der Waals surface area contributed by atoms with Crippen LogP contribution < -0.4 is 5.32 Å². The van der Waals surface area contributed by atoms with Gasteiger partial charge in [0.2, 0.25) is 0 Å². The molecule has 2 rings (SSSR count). The molecule has 3 nitrogen and oxygen atoms in total. The second-order valence-corrected chi connectivity index (χ2v) is 4.35. The minimum Gasteiger partial charge on any atom is -0.465 e. The maximum atomic E-state index is 11.2. The Morgan fingerprint density at radius 3 is 2.82 bits per heavy atom. The Hall–Kier alpha value is -1.51. The van der Waals surface area contributed by atoms with Gasteiger partial charge in [-0.05, 0) is 55.9 Å². The van der Waals surface area contributed by atoms with E-state index in [1.807, 2.05) is 13.0 Å². The van der Waals surface area contributed by atoms with E-state index in [9.17, 15) is 4.79 Å². The van der Waals surface area contributed by atoms with Gasteiger partial charge in [-0.2, -0.15) is 0 Å². The van der Waals surface area contributed by atoms with Crippen LogP contribution in [0, 0.1) is 0 Å². The third-order valence-electron chi connectivity index (χ3n) is 3.09. The number of nitrogens with one attached hydrogen (secondary N) is 1. The highest BCUT2D eigenvalue weighted by atomic mass is 16.5. The normalized spacial score (nSPS) is 13.9. The van der Waals surface area contributed by atoms with Gasteiger partial charge in [-0.15, -0.1) is 0 Å². The largest absolute Gasteiger partial charge is 0.465 e. The molecular weight excluding hydrogens is 214 g/mol. The van der Waals surface area contributed by atoms with E-state index in [1.54, 1.807) is 0 Å². The van der Waals surface area contributed by atoms with Crippen molar-refractivity contribution in [1.29, 1.82) is 0 Å². The Bertz CT molecular complexity index is 401. The summed E-state index contributed by atoms with van der Waals surface area (Å²) in [6.07, 6.45) is 4.91. The highest BCUT2D eigenvalue weighted by Gasteiger charge is 2.09. The van der Waals surface area contributed by atoms with Crippen LogP contribution in [0.25, 0.3) is 0 Å². The summed E-state index contributed by atoms with van der Waals surface area (Å²) in [6, 6.07) is 6.37. The summed E-state index contributed by atoms with van der Waals surface area (Å²) in [5.41, 5.74) is 3.89. The number of benzene rings is 1. The lowest BCUT2D eigenvalue weighted by atomic mass is 9.91. The molecule has 0 amide bonds. The standard InChI is InChI=1S/C14H19NO2/c1-2-17-14(16)10-15-13-8-7-11-5-3-4-6-12(11)9-13/h7-9,15H,2-6,10H2,1H3. The topological polar surface area (TPSA) is 38.3 Å². The molecule has 3 heteroatoms. The van der Waals surface area contributed by atoms with Crippen LogP contribution in [0.4, 0.5) is 5.69 Å². The summed E-state index contributed by atoms with van der Waals surface area (Å²) in [5.74, 6) is -0.203. The minimum absolute atomic E-state index is 0.203. The number of hydrogen-bond acceptors (Lipinski definition) is 3. The number of hydrogen-bond donors (Lipinski definition) is 1. The van der Waals surface area contributed by atoms with Crippen molar-refractivity contribution in [2.75, 3.05) is 18.5 Å². The van der Waals surface area contributed by atoms with E-state index in [0.717, 1.165) is 12.1 Å². The number of carbonyl (C=O) groups is 1. The Balaban J connectivity index is 1.95. The van der Waals surface area contributed by atoms with Crippen LogP contribution in [0.3, 0.4) is 0 Å². The predicted octanol–water partition coefficient (Wildman–Crippen LogP) is 2.54. The lowest BCUT2D eigenvalue weighted by Crippen LogP contribution is -2.17. The molecule has 0 atom stereocenters. The quantitative estimate of drug-likeness (QED) is 0.812. The number of rotatable bonds is 4. The highest BCUT2D eigenvalue weighted by Crippen LogP contribution is 2.24. The maximum absolute atomic E-state index is 11.2. The molecule has 17 heavy (non-hydrogen) atoms. The van der Waals surface area contributed by atoms with Gasteiger partial charge in [-0.25, -0.2) is 0 Å². The maximum Gasteiger partial charge on any atom is 0.325 e. The van der Waals surface area contributed by atoms with E-state index in [0.29, 0.717) is 6.61 Å². The number of carbonyl (C=O) groups excluding carboxylic acids is 1. The summed E-state index contributed by atoms with van der Waals surface area (Å²) in [4.78, 5) is 11.2. The Labute approximate surface area is 102 Å². The zero-order valence-electron chi connectivity index (χ0n) is 10.3. The van der Waals surface area contributed by atoms with Crippen LogP contribution >= 0.6 is 0 Å². The molecule has 0 bridgehead atoms. The van der Waals surface area contributed by atoms with Crippen LogP contribution in [0.15, 0.2) is 18.2 Å². The van der Waals surface area contributed by atoms with Gasteiger partial charge in [0, 0.05) is 5.69 Å². The summed E-state index contributed by atoms with van der Waals surface area (Å²) >= 11 is 0.